The van der Waals surface area contributed by atoms with Crippen LogP contribution in [0.4, 0.5) is 0 Å². The van der Waals surface area contributed by atoms with E-state index in [0.29, 0.717) is 0 Å². The highest BCUT2D eigenvalue weighted by Crippen LogP contribution is 1.96. The topological polar surface area (TPSA) is 35.2 Å². The molecule has 2 atom stereocenters. The van der Waals surface area contributed by atoms with Crippen LogP contribution in [0.15, 0.2) is 0 Å². The van der Waals surface area contributed by atoms with Crippen molar-refractivity contribution < 1.29 is 4.74 Å². The van der Waals surface area contributed by atoms with Crippen LogP contribution in [0, 0.1) is 0 Å². The van der Waals surface area contributed by atoms with E-state index < -0.39 is 0 Å². The number of nitrogens with two attached hydrogens (primary N) is 1. The molecule has 0 aliphatic carbocycles. The second kappa shape index (κ2) is 3.87. The van der Waals surface area contributed by atoms with Crippen molar-refractivity contribution in [2.75, 3.05) is 7.11 Å². The van der Waals surface area contributed by atoms with Crippen LogP contribution < -0.4 is 5.73 Å². The predicted molar refractivity (Wildman–Crippen MR) is 34.7 cm³/mol. The highest BCUT2D eigenvalue weighted by molar-refractivity contribution is 4.65. The molecule has 0 bridgehead atoms. The van der Waals surface area contributed by atoms with E-state index in [1.54, 1.807) is 7.11 Å². The first-order valence-corrected chi connectivity index (χ1v) is 3.00. The first kappa shape index (κ1) is 7.92. The van der Waals surface area contributed by atoms with Gasteiger partial charge in [0.2, 0.25) is 0 Å². The Morgan fingerprint density at radius 3 is 2.25 bits per heavy atom. The van der Waals surface area contributed by atoms with Gasteiger partial charge >= 0.3 is 0 Å². The number of ether oxygens (including phenoxy) is 1. The zero-order valence-electron chi connectivity index (χ0n) is 5.85. The number of rotatable bonds is 3. The lowest BCUT2D eigenvalue weighted by Gasteiger charge is -2.15. The molecule has 0 aliphatic rings. The van der Waals surface area contributed by atoms with Crippen molar-refractivity contribution in [3.8, 4) is 0 Å². The van der Waals surface area contributed by atoms with Gasteiger partial charge in [0, 0.05) is 13.2 Å². The van der Waals surface area contributed by atoms with E-state index in [2.05, 4.69) is 6.92 Å². The van der Waals surface area contributed by atoms with Gasteiger partial charge in [0.15, 0.2) is 0 Å². The third-order valence-electron chi connectivity index (χ3n) is 1.45. The molecule has 2 nitrogen and oxygen atoms in total. The third kappa shape index (κ3) is 2.28. The van der Waals surface area contributed by atoms with Crippen LogP contribution in [0.2, 0.25) is 0 Å². The molecule has 0 aromatic rings. The summed E-state index contributed by atoms with van der Waals surface area (Å²) in [5.41, 5.74) is 5.60. The van der Waals surface area contributed by atoms with Gasteiger partial charge in [-0.1, -0.05) is 6.92 Å². The molecule has 2 N–H and O–H groups in total. The lowest BCUT2D eigenvalue weighted by atomic mass is 10.1. The summed E-state index contributed by atoms with van der Waals surface area (Å²) in [6.07, 6.45) is 1.18. The largest absolute Gasteiger partial charge is 0.380 e. The van der Waals surface area contributed by atoms with E-state index in [4.69, 9.17) is 10.5 Å². The Bertz CT molecular complexity index is 48.5. The van der Waals surface area contributed by atoms with E-state index in [-0.39, 0.29) is 12.1 Å². The lowest BCUT2D eigenvalue weighted by Crippen LogP contribution is -2.32. The van der Waals surface area contributed by atoms with E-state index in [1.165, 1.54) is 0 Å². The average Bonchev–Trinajstić information content (AvgIpc) is 1.84. The highest BCUT2D eigenvalue weighted by atomic mass is 16.5. The molecule has 0 amide bonds. The average molecular weight is 117 g/mol. The molecule has 1 unspecified atom stereocenters. The van der Waals surface area contributed by atoms with Crippen LogP contribution in [0.25, 0.3) is 0 Å². The standard InChI is InChI=1S/C6H15NO/c1-4-6(7)5(2)8-3/h5-6H,4,7H2,1-3H3/t5?,6-/m0/s1. The Kier molecular flexibility index (Phi) is 3.83. The second-order valence-electron chi connectivity index (χ2n) is 2.01. The van der Waals surface area contributed by atoms with Crippen LogP contribution in [0.1, 0.15) is 20.3 Å². The van der Waals surface area contributed by atoms with E-state index in [0.717, 1.165) is 6.42 Å². The maximum absolute atomic E-state index is 5.60. The Hall–Kier alpha value is -0.0800. The molecule has 0 saturated heterocycles. The van der Waals surface area contributed by atoms with Gasteiger partial charge in [-0.3, -0.25) is 0 Å². The summed E-state index contributed by atoms with van der Waals surface area (Å²) < 4.78 is 4.98. The van der Waals surface area contributed by atoms with Gasteiger partial charge in [-0.25, -0.2) is 0 Å². The summed E-state index contributed by atoms with van der Waals surface area (Å²) in [5.74, 6) is 0. The van der Waals surface area contributed by atoms with Gasteiger partial charge in [0.05, 0.1) is 6.10 Å². The fourth-order valence-electron chi connectivity index (χ4n) is 0.507. The Morgan fingerprint density at radius 2 is 2.12 bits per heavy atom. The maximum atomic E-state index is 5.60. The molecule has 0 saturated carbocycles. The van der Waals surface area contributed by atoms with Crippen molar-refractivity contribution in [2.24, 2.45) is 5.73 Å². The smallest absolute Gasteiger partial charge is 0.0693 e. The lowest BCUT2D eigenvalue weighted by molar-refractivity contribution is 0.0944. The molecule has 0 radical (unpaired) electrons. The summed E-state index contributed by atoms with van der Waals surface area (Å²) in [6, 6.07) is 0.194. The molecule has 0 aromatic carbocycles. The summed E-state index contributed by atoms with van der Waals surface area (Å²) >= 11 is 0. The van der Waals surface area contributed by atoms with E-state index in [9.17, 15) is 0 Å². The minimum absolute atomic E-state index is 0.194. The molecule has 0 aromatic heterocycles. The van der Waals surface area contributed by atoms with Crippen LogP contribution in [0.3, 0.4) is 0 Å². The third-order valence-corrected chi connectivity index (χ3v) is 1.45. The van der Waals surface area contributed by atoms with Crippen LogP contribution in [0.5, 0.6) is 0 Å². The minimum Gasteiger partial charge on any atom is -0.380 e. The SMILES string of the molecule is CC[C@H](N)C(C)OC. The fourth-order valence-corrected chi connectivity index (χ4v) is 0.507. The molecular weight excluding hydrogens is 102 g/mol. The molecule has 0 rings (SSSR count). The monoisotopic (exact) mass is 117 g/mol. The molecule has 2 heteroatoms. The molecule has 8 heavy (non-hydrogen) atoms. The van der Waals surface area contributed by atoms with E-state index in [1.807, 2.05) is 6.92 Å². The highest BCUT2D eigenvalue weighted by Gasteiger charge is 2.06. The van der Waals surface area contributed by atoms with Crippen molar-refractivity contribution in [1.29, 1.82) is 0 Å². The van der Waals surface area contributed by atoms with Gasteiger partial charge in [-0.15, -0.1) is 0 Å². The normalized spacial score (nSPS) is 18.0. The molecule has 0 aliphatic heterocycles. The van der Waals surface area contributed by atoms with Gasteiger partial charge in [-0.05, 0) is 13.3 Å². The van der Waals surface area contributed by atoms with E-state index >= 15 is 0 Å². The van der Waals surface area contributed by atoms with Crippen LogP contribution >= 0.6 is 0 Å². The van der Waals surface area contributed by atoms with Gasteiger partial charge < -0.3 is 10.5 Å². The number of hydrogen-bond acceptors (Lipinski definition) is 2. The minimum atomic E-state index is 0.194. The zero-order valence-corrected chi connectivity index (χ0v) is 5.85. The predicted octanol–water partition coefficient (Wildman–Crippen LogP) is 0.759. The molecular formula is C6H15NO. The van der Waals surface area contributed by atoms with Crippen molar-refractivity contribution >= 4 is 0 Å². The summed E-state index contributed by atoms with van der Waals surface area (Å²) in [6.45, 7) is 4.04. The molecule has 0 spiro atoms. The van der Waals surface area contributed by atoms with Crippen LogP contribution in [-0.4, -0.2) is 19.3 Å². The summed E-state index contributed by atoms with van der Waals surface area (Å²) in [5, 5.41) is 0. The second-order valence-corrected chi connectivity index (χ2v) is 2.01. The maximum Gasteiger partial charge on any atom is 0.0693 e. The van der Waals surface area contributed by atoms with Crippen LogP contribution in [-0.2, 0) is 4.74 Å². The Morgan fingerprint density at radius 1 is 1.62 bits per heavy atom. The van der Waals surface area contributed by atoms with Crippen molar-refractivity contribution in [1.82, 2.24) is 0 Å². The zero-order chi connectivity index (χ0) is 6.57. The Balaban J connectivity index is 3.29. The van der Waals surface area contributed by atoms with Crippen molar-refractivity contribution in [3.05, 3.63) is 0 Å². The summed E-state index contributed by atoms with van der Waals surface area (Å²) in [4.78, 5) is 0. The molecule has 0 heterocycles. The van der Waals surface area contributed by atoms with Gasteiger partial charge in [0.25, 0.3) is 0 Å². The van der Waals surface area contributed by atoms with Crippen molar-refractivity contribution in [3.63, 3.8) is 0 Å². The number of hydrogen-bond donors (Lipinski definition) is 1. The van der Waals surface area contributed by atoms with Gasteiger partial charge in [-0.2, -0.15) is 0 Å². The molecule has 0 fully saturated rings. The van der Waals surface area contributed by atoms with Crippen molar-refractivity contribution in [2.45, 2.75) is 32.4 Å². The fraction of sp³-hybridized carbons (Fsp3) is 1.00. The molecule has 50 valence electrons. The Labute approximate surface area is 51.0 Å². The first-order valence-electron chi connectivity index (χ1n) is 3.00. The summed E-state index contributed by atoms with van der Waals surface area (Å²) in [7, 11) is 1.68. The number of methoxy groups -OCH3 is 1. The quantitative estimate of drug-likeness (QED) is 0.592. The first-order chi connectivity index (χ1) is 3.72. The van der Waals surface area contributed by atoms with Gasteiger partial charge in [0.1, 0.15) is 0 Å².